The highest BCUT2D eigenvalue weighted by molar-refractivity contribution is 5.71. The average Bonchev–Trinajstić information content (AvgIpc) is 3.27. The molecule has 0 heterocycles. The lowest BCUT2D eigenvalue weighted by molar-refractivity contribution is -0.166. The second-order valence-electron chi connectivity index (χ2n) is 16.8. The third-order valence-electron chi connectivity index (χ3n) is 10.7. The maximum Gasteiger partial charge on any atom is 0.306 e. The molecule has 0 N–H and O–H groups in total. The van der Waals surface area contributed by atoms with E-state index in [1.807, 2.05) is 6.08 Å². The van der Waals surface area contributed by atoms with Gasteiger partial charge < -0.3 is 14.2 Å². The van der Waals surface area contributed by atoms with Crippen LogP contribution in [0.2, 0.25) is 0 Å². The Labute approximate surface area is 382 Å². The van der Waals surface area contributed by atoms with Crippen molar-refractivity contribution in [2.24, 2.45) is 0 Å². The normalized spacial score (nSPS) is 12.8. The van der Waals surface area contributed by atoms with Crippen molar-refractivity contribution in [3.05, 3.63) is 85.1 Å². The van der Waals surface area contributed by atoms with Gasteiger partial charge in [0.2, 0.25) is 0 Å². The summed E-state index contributed by atoms with van der Waals surface area (Å²) in [5.41, 5.74) is 0. The van der Waals surface area contributed by atoms with E-state index in [0.29, 0.717) is 19.3 Å². The maximum absolute atomic E-state index is 12.7. The van der Waals surface area contributed by atoms with Crippen LogP contribution < -0.4 is 0 Å². The van der Waals surface area contributed by atoms with E-state index >= 15 is 0 Å². The monoisotopic (exact) mass is 863 g/mol. The van der Waals surface area contributed by atoms with Gasteiger partial charge in [0.25, 0.3) is 0 Å². The van der Waals surface area contributed by atoms with Gasteiger partial charge in [-0.1, -0.05) is 209 Å². The molecule has 0 radical (unpaired) electrons. The Kier molecular flexibility index (Phi) is 47.5. The van der Waals surface area contributed by atoms with E-state index < -0.39 is 12.1 Å². The Morgan fingerprint density at radius 1 is 0.339 bits per heavy atom. The fourth-order valence-electron chi connectivity index (χ4n) is 6.79. The summed E-state index contributed by atoms with van der Waals surface area (Å²) < 4.78 is 16.7. The van der Waals surface area contributed by atoms with Gasteiger partial charge in [-0.15, -0.1) is 0 Å². The number of carbonyl (C=O) groups excluding carboxylic acids is 3. The standard InChI is InChI=1S/C56H94O6/c1-4-7-10-13-16-19-22-25-26-27-28-29-32-34-37-40-43-46-49-55(58)61-52-53(62-56(59)50-47-44-41-38-35-31-24-21-18-15-12-9-6-3)51-60-54(57)48-45-42-39-36-33-30-23-20-17-14-11-8-5-2/h16,19,22,25-31,33,35,41,44,53H,4-15,17-18,20-21,23-24,32,34,36-40,42-43,45-52H2,1-3H3/b19-16-,25-22-,27-26-,29-28-,33-30-,35-31-,44-41-. The van der Waals surface area contributed by atoms with E-state index in [1.54, 1.807) is 0 Å². The number of unbranched alkanes of at least 4 members (excludes halogenated alkanes) is 23. The zero-order valence-corrected chi connectivity index (χ0v) is 40.4. The Balaban J connectivity index is 4.51. The highest BCUT2D eigenvalue weighted by Crippen LogP contribution is 2.12. The molecule has 62 heavy (non-hydrogen) atoms. The lowest BCUT2D eigenvalue weighted by Crippen LogP contribution is -2.30. The molecule has 0 bridgehead atoms. The predicted molar refractivity (Wildman–Crippen MR) is 265 cm³/mol. The van der Waals surface area contributed by atoms with Gasteiger partial charge in [-0.05, 0) is 89.9 Å². The minimum absolute atomic E-state index is 0.115. The number of rotatable bonds is 45. The number of allylic oxidation sites excluding steroid dienone is 14. The summed E-state index contributed by atoms with van der Waals surface area (Å²) in [4.78, 5) is 37.9. The fraction of sp³-hybridized carbons (Fsp3) is 0.696. The van der Waals surface area contributed by atoms with Crippen LogP contribution in [-0.2, 0) is 28.6 Å². The molecule has 0 aromatic heterocycles. The van der Waals surface area contributed by atoms with Crippen LogP contribution in [0.1, 0.15) is 233 Å². The van der Waals surface area contributed by atoms with Gasteiger partial charge in [-0.25, -0.2) is 0 Å². The first-order valence-corrected chi connectivity index (χ1v) is 25.6. The second-order valence-corrected chi connectivity index (χ2v) is 16.8. The van der Waals surface area contributed by atoms with Gasteiger partial charge >= 0.3 is 17.9 Å². The minimum atomic E-state index is -0.822. The summed E-state index contributed by atoms with van der Waals surface area (Å²) >= 11 is 0. The van der Waals surface area contributed by atoms with Crippen LogP contribution in [0, 0.1) is 0 Å². The van der Waals surface area contributed by atoms with E-state index in [1.165, 1.54) is 96.3 Å². The van der Waals surface area contributed by atoms with E-state index in [2.05, 4.69) is 99.8 Å². The van der Waals surface area contributed by atoms with Crippen LogP contribution in [-0.4, -0.2) is 37.2 Å². The van der Waals surface area contributed by atoms with Crippen molar-refractivity contribution in [1.82, 2.24) is 0 Å². The number of esters is 3. The molecule has 0 amide bonds. The second kappa shape index (κ2) is 50.2. The van der Waals surface area contributed by atoms with Crippen molar-refractivity contribution >= 4 is 17.9 Å². The van der Waals surface area contributed by atoms with E-state index in [4.69, 9.17) is 14.2 Å². The van der Waals surface area contributed by atoms with Crippen molar-refractivity contribution in [1.29, 1.82) is 0 Å². The summed E-state index contributed by atoms with van der Waals surface area (Å²) in [7, 11) is 0. The Morgan fingerprint density at radius 3 is 1.16 bits per heavy atom. The summed E-state index contributed by atoms with van der Waals surface area (Å²) in [6, 6.07) is 0. The summed E-state index contributed by atoms with van der Waals surface area (Å²) in [5.74, 6) is -1.02. The quantitative estimate of drug-likeness (QED) is 0.0199. The molecule has 0 aromatic carbocycles. The van der Waals surface area contributed by atoms with Crippen LogP contribution in [0.15, 0.2) is 85.1 Å². The van der Waals surface area contributed by atoms with Crippen LogP contribution in [0.3, 0.4) is 0 Å². The van der Waals surface area contributed by atoms with E-state index in [9.17, 15) is 14.4 Å². The zero-order valence-electron chi connectivity index (χ0n) is 40.4. The molecule has 0 rings (SSSR count). The third-order valence-corrected chi connectivity index (χ3v) is 10.7. The van der Waals surface area contributed by atoms with Crippen molar-refractivity contribution in [3.8, 4) is 0 Å². The van der Waals surface area contributed by atoms with Gasteiger partial charge in [0, 0.05) is 19.3 Å². The van der Waals surface area contributed by atoms with E-state index in [0.717, 1.165) is 89.9 Å². The fourth-order valence-corrected chi connectivity index (χ4v) is 6.79. The molecule has 354 valence electrons. The lowest BCUT2D eigenvalue weighted by atomic mass is 10.1. The first-order valence-electron chi connectivity index (χ1n) is 25.6. The largest absolute Gasteiger partial charge is 0.462 e. The molecular formula is C56H94O6. The predicted octanol–water partition coefficient (Wildman–Crippen LogP) is 16.8. The van der Waals surface area contributed by atoms with Crippen molar-refractivity contribution < 1.29 is 28.6 Å². The van der Waals surface area contributed by atoms with Crippen LogP contribution >= 0.6 is 0 Å². The van der Waals surface area contributed by atoms with Crippen LogP contribution in [0.25, 0.3) is 0 Å². The summed E-state index contributed by atoms with van der Waals surface area (Å²) in [5, 5.41) is 0. The van der Waals surface area contributed by atoms with Crippen molar-refractivity contribution in [2.75, 3.05) is 13.2 Å². The van der Waals surface area contributed by atoms with Crippen molar-refractivity contribution in [3.63, 3.8) is 0 Å². The average molecular weight is 863 g/mol. The zero-order chi connectivity index (χ0) is 45.1. The topological polar surface area (TPSA) is 78.9 Å². The highest BCUT2D eigenvalue weighted by Gasteiger charge is 2.19. The molecule has 0 aliphatic heterocycles. The lowest BCUT2D eigenvalue weighted by Gasteiger charge is -2.18. The highest BCUT2D eigenvalue weighted by atomic mass is 16.6. The molecule has 0 aliphatic carbocycles. The molecule has 0 spiro atoms. The molecule has 0 saturated heterocycles. The number of hydrogen-bond donors (Lipinski definition) is 0. The molecule has 0 fully saturated rings. The molecule has 6 nitrogen and oxygen atoms in total. The molecule has 0 saturated carbocycles. The summed E-state index contributed by atoms with van der Waals surface area (Å²) in [6.07, 6.45) is 64.3. The summed E-state index contributed by atoms with van der Waals surface area (Å²) in [6.45, 7) is 6.49. The molecule has 6 heteroatoms. The molecule has 0 aromatic rings. The van der Waals surface area contributed by atoms with Crippen LogP contribution in [0.4, 0.5) is 0 Å². The number of hydrogen-bond acceptors (Lipinski definition) is 6. The smallest absolute Gasteiger partial charge is 0.306 e. The molecule has 1 atom stereocenters. The van der Waals surface area contributed by atoms with Crippen LogP contribution in [0.5, 0.6) is 0 Å². The van der Waals surface area contributed by atoms with Gasteiger partial charge in [0.05, 0.1) is 0 Å². The Morgan fingerprint density at radius 2 is 0.677 bits per heavy atom. The molecular weight excluding hydrogens is 769 g/mol. The van der Waals surface area contributed by atoms with Gasteiger partial charge in [-0.2, -0.15) is 0 Å². The van der Waals surface area contributed by atoms with Gasteiger partial charge in [0.1, 0.15) is 13.2 Å². The first kappa shape index (κ1) is 58.6. The van der Waals surface area contributed by atoms with Gasteiger partial charge in [-0.3, -0.25) is 14.4 Å². The minimum Gasteiger partial charge on any atom is -0.462 e. The number of carbonyl (C=O) groups is 3. The molecule has 1 unspecified atom stereocenters. The van der Waals surface area contributed by atoms with E-state index in [-0.39, 0.29) is 31.6 Å². The molecule has 0 aliphatic rings. The van der Waals surface area contributed by atoms with Gasteiger partial charge in [0.15, 0.2) is 6.10 Å². The van der Waals surface area contributed by atoms with Crippen molar-refractivity contribution in [2.45, 2.75) is 239 Å². The number of ether oxygens (including phenoxy) is 3. The third kappa shape index (κ3) is 47.6. The maximum atomic E-state index is 12.7. The first-order chi connectivity index (χ1) is 30.5. The SMILES string of the molecule is CCCCC\C=C/C=C\C=C/C=C\CCCCCCCC(=O)OCC(COC(=O)CCCCC/C=C\CCCCCCCC)OC(=O)CC/C=C\C/C=C\CCCCCCCC. The Hall–Kier alpha value is -3.41. The Bertz CT molecular complexity index is 1220.